The summed E-state index contributed by atoms with van der Waals surface area (Å²) in [5, 5.41) is 3.33. The van der Waals surface area contributed by atoms with Gasteiger partial charge in [0.25, 0.3) is 0 Å². The molecule has 0 radical (unpaired) electrons. The highest BCUT2D eigenvalue weighted by molar-refractivity contribution is 8.00. The SMILES string of the molecule is C=CCn1c(SC(C)C(=O)Nc2ccc(C(C)=O)cc2)nc2ccccc21. The van der Waals surface area contributed by atoms with E-state index in [1.165, 1.54) is 18.7 Å². The minimum Gasteiger partial charge on any atom is -0.325 e. The molecule has 1 aromatic heterocycles. The molecule has 27 heavy (non-hydrogen) atoms. The number of hydrogen-bond acceptors (Lipinski definition) is 4. The summed E-state index contributed by atoms with van der Waals surface area (Å²) in [4.78, 5) is 28.6. The van der Waals surface area contributed by atoms with Gasteiger partial charge in [-0.1, -0.05) is 30.0 Å². The highest BCUT2D eigenvalue weighted by atomic mass is 32.2. The van der Waals surface area contributed by atoms with E-state index < -0.39 is 0 Å². The summed E-state index contributed by atoms with van der Waals surface area (Å²) < 4.78 is 2.05. The molecule has 0 aliphatic carbocycles. The smallest absolute Gasteiger partial charge is 0.237 e. The molecule has 1 N–H and O–H groups in total. The van der Waals surface area contributed by atoms with Crippen LogP contribution in [-0.4, -0.2) is 26.5 Å². The zero-order valence-corrected chi connectivity index (χ0v) is 16.1. The highest BCUT2D eigenvalue weighted by Gasteiger charge is 2.19. The lowest BCUT2D eigenvalue weighted by atomic mass is 10.1. The molecular formula is C21H21N3O2S. The zero-order valence-electron chi connectivity index (χ0n) is 15.3. The van der Waals surface area contributed by atoms with Crippen LogP contribution in [0.1, 0.15) is 24.2 Å². The van der Waals surface area contributed by atoms with E-state index >= 15 is 0 Å². The molecule has 1 unspecified atom stereocenters. The Morgan fingerprint density at radius 3 is 2.59 bits per heavy atom. The third-order valence-electron chi connectivity index (χ3n) is 4.14. The van der Waals surface area contributed by atoms with Gasteiger partial charge in [0.15, 0.2) is 10.9 Å². The maximum absolute atomic E-state index is 12.6. The summed E-state index contributed by atoms with van der Waals surface area (Å²) >= 11 is 1.41. The number of hydrogen-bond donors (Lipinski definition) is 1. The van der Waals surface area contributed by atoms with E-state index in [1.54, 1.807) is 24.3 Å². The van der Waals surface area contributed by atoms with Crippen molar-refractivity contribution >= 4 is 40.2 Å². The summed E-state index contributed by atoms with van der Waals surface area (Å²) in [7, 11) is 0. The molecule has 0 spiro atoms. The van der Waals surface area contributed by atoms with E-state index in [0.717, 1.165) is 16.2 Å². The molecule has 0 aliphatic heterocycles. The van der Waals surface area contributed by atoms with Crippen LogP contribution in [0.15, 0.2) is 66.3 Å². The molecule has 5 nitrogen and oxygen atoms in total. The molecule has 0 saturated heterocycles. The van der Waals surface area contributed by atoms with Crippen molar-refractivity contribution in [2.45, 2.75) is 30.8 Å². The van der Waals surface area contributed by atoms with Gasteiger partial charge in [0.1, 0.15) is 0 Å². The van der Waals surface area contributed by atoms with Crippen LogP contribution in [-0.2, 0) is 11.3 Å². The van der Waals surface area contributed by atoms with E-state index in [0.29, 0.717) is 17.8 Å². The Morgan fingerprint density at radius 2 is 1.93 bits per heavy atom. The van der Waals surface area contributed by atoms with Gasteiger partial charge in [-0.15, -0.1) is 6.58 Å². The number of nitrogens with zero attached hydrogens (tertiary/aromatic N) is 2. The molecule has 2 aromatic carbocycles. The Labute approximate surface area is 162 Å². The van der Waals surface area contributed by atoms with Crippen molar-refractivity contribution in [3.63, 3.8) is 0 Å². The van der Waals surface area contributed by atoms with E-state index in [1.807, 2.05) is 37.3 Å². The van der Waals surface area contributed by atoms with Crippen molar-refractivity contribution in [3.8, 4) is 0 Å². The van der Waals surface area contributed by atoms with Gasteiger partial charge < -0.3 is 9.88 Å². The molecule has 0 fully saturated rings. The maximum atomic E-state index is 12.6. The van der Waals surface area contributed by atoms with Gasteiger partial charge >= 0.3 is 0 Å². The van der Waals surface area contributed by atoms with Gasteiger partial charge in [0.2, 0.25) is 5.91 Å². The number of carbonyl (C=O) groups excluding carboxylic acids is 2. The molecule has 0 bridgehead atoms. The topological polar surface area (TPSA) is 64.0 Å². The number of allylic oxidation sites excluding steroid dienone is 1. The minimum atomic E-state index is -0.335. The van der Waals surface area contributed by atoms with E-state index in [2.05, 4.69) is 21.4 Å². The number of benzene rings is 2. The largest absolute Gasteiger partial charge is 0.325 e. The molecule has 0 aliphatic rings. The third-order valence-corrected chi connectivity index (χ3v) is 5.23. The second-order valence-electron chi connectivity index (χ2n) is 6.17. The molecule has 1 atom stereocenters. The van der Waals surface area contributed by atoms with Crippen LogP contribution >= 0.6 is 11.8 Å². The Morgan fingerprint density at radius 1 is 1.22 bits per heavy atom. The Balaban J connectivity index is 1.74. The number of thioether (sulfide) groups is 1. The number of carbonyl (C=O) groups is 2. The summed E-state index contributed by atoms with van der Waals surface area (Å²) in [6.07, 6.45) is 1.82. The fourth-order valence-corrected chi connectivity index (χ4v) is 3.63. The predicted molar refractivity (Wildman–Crippen MR) is 110 cm³/mol. The molecule has 6 heteroatoms. The predicted octanol–water partition coefficient (Wildman–Crippen LogP) is 4.54. The number of imidazole rings is 1. The molecule has 1 amide bonds. The Hall–Kier alpha value is -2.86. The minimum absolute atomic E-state index is 0.00192. The van der Waals surface area contributed by atoms with Crippen LogP contribution in [0.5, 0.6) is 0 Å². The number of aromatic nitrogens is 2. The van der Waals surface area contributed by atoms with Gasteiger partial charge in [-0.2, -0.15) is 0 Å². The second kappa shape index (κ2) is 8.22. The number of fused-ring (bicyclic) bond motifs is 1. The lowest BCUT2D eigenvalue weighted by Gasteiger charge is -2.13. The average molecular weight is 379 g/mol. The first-order valence-electron chi connectivity index (χ1n) is 8.64. The fraction of sp³-hybridized carbons (Fsp3) is 0.190. The number of rotatable bonds is 7. The lowest BCUT2D eigenvalue weighted by molar-refractivity contribution is -0.115. The standard InChI is InChI=1S/C21H21N3O2S/c1-4-13-24-19-8-6-5-7-18(19)23-21(24)27-15(3)20(26)22-17-11-9-16(10-12-17)14(2)25/h4-12,15H,1,13H2,2-3H3,(H,22,26). The van der Waals surface area contributed by atoms with Crippen LogP contribution in [0.2, 0.25) is 0 Å². The number of Topliss-reactive ketones (excluding diaryl/α,β-unsaturated/α-hetero) is 1. The first-order valence-corrected chi connectivity index (χ1v) is 9.52. The van der Waals surface area contributed by atoms with Crippen LogP contribution in [0.3, 0.4) is 0 Å². The average Bonchev–Trinajstić information content (AvgIpc) is 3.00. The van der Waals surface area contributed by atoms with Crippen LogP contribution in [0.4, 0.5) is 5.69 Å². The summed E-state index contributed by atoms with van der Waals surface area (Å²) in [5.41, 5.74) is 3.20. The van der Waals surface area contributed by atoms with Crippen LogP contribution < -0.4 is 5.32 Å². The summed E-state index contributed by atoms with van der Waals surface area (Å²) in [5.74, 6) is -0.120. The maximum Gasteiger partial charge on any atom is 0.237 e. The third kappa shape index (κ3) is 4.28. The Kier molecular flexibility index (Phi) is 5.76. The number of anilines is 1. The van der Waals surface area contributed by atoms with Crippen molar-refractivity contribution in [3.05, 3.63) is 66.7 Å². The number of para-hydroxylation sites is 2. The lowest BCUT2D eigenvalue weighted by Crippen LogP contribution is -2.23. The molecular weight excluding hydrogens is 358 g/mol. The van der Waals surface area contributed by atoms with Gasteiger partial charge in [0, 0.05) is 17.8 Å². The number of amides is 1. The normalized spacial score (nSPS) is 11.9. The van der Waals surface area contributed by atoms with Crippen LogP contribution in [0.25, 0.3) is 11.0 Å². The first-order chi connectivity index (χ1) is 13.0. The molecule has 3 rings (SSSR count). The van der Waals surface area contributed by atoms with Gasteiger partial charge in [-0.05, 0) is 50.2 Å². The number of nitrogens with one attached hydrogen (secondary N) is 1. The van der Waals surface area contributed by atoms with Crippen molar-refractivity contribution in [2.24, 2.45) is 0 Å². The number of ketones is 1. The summed E-state index contributed by atoms with van der Waals surface area (Å²) in [6.45, 7) is 7.80. The van der Waals surface area contributed by atoms with Crippen molar-refractivity contribution in [1.82, 2.24) is 9.55 Å². The van der Waals surface area contributed by atoms with Gasteiger partial charge in [0.05, 0.1) is 16.3 Å². The quantitative estimate of drug-likeness (QED) is 0.372. The van der Waals surface area contributed by atoms with E-state index in [4.69, 9.17) is 0 Å². The zero-order chi connectivity index (χ0) is 19.4. The van der Waals surface area contributed by atoms with E-state index in [-0.39, 0.29) is 16.9 Å². The molecule has 1 heterocycles. The van der Waals surface area contributed by atoms with E-state index in [9.17, 15) is 9.59 Å². The van der Waals surface area contributed by atoms with Crippen molar-refractivity contribution in [2.75, 3.05) is 5.32 Å². The highest BCUT2D eigenvalue weighted by Crippen LogP contribution is 2.28. The van der Waals surface area contributed by atoms with Crippen molar-refractivity contribution < 1.29 is 9.59 Å². The molecule has 3 aromatic rings. The second-order valence-corrected chi connectivity index (χ2v) is 7.47. The first kappa shape index (κ1) is 18.9. The Bertz CT molecular complexity index is 992. The van der Waals surface area contributed by atoms with Gasteiger partial charge in [-0.25, -0.2) is 4.98 Å². The van der Waals surface area contributed by atoms with Crippen LogP contribution in [0, 0.1) is 0 Å². The monoisotopic (exact) mass is 379 g/mol. The molecule has 138 valence electrons. The summed E-state index contributed by atoms with van der Waals surface area (Å²) in [6, 6.07) is 14.8. The molecule has 0 saturated carbocycles. The fourth-order valence-electron chi connectivity index (χ4n) is 2.69. The van der Waals surface area contributed by atoms with Crippen molar-refractivity contribution in [1.29, 1.82) is 0 Å². The van der Waals surface area contributed by atoms with Gasteiger partial charge in [-0.3, -0.25) is 9.59 Å².